The van der Waals surface area contributed by atoms with Gasteiger partial charge in [-0.25, -0.2) is 0 Å². The van der Waals surface area contributed by atoms with Gasteiger partial charge in [0.25, 0.3) is 0 Å². The van der Waals surface area contributed by atoms with Crippen LogP contribution in [0, 0.1) is 11.8 Å². The van der Waals surface area contributed by atoms with E-state index in [0.717, 1.165) is 45.0 Å². The second-order valence-electron chi connectivity index (χ2n) is 7.84. The quantitative estimate of drug-likeness (QED) is 0.799. The van der Waals surface area contributed by atoms with Gasteiger partial charge in [0.2, 0.25) is 11.8 Å². The van der Waals surface area contributed by atoms with Crippen molar-refractivity contribution in [2.24, 2.45) is 11.8 Å². The zero-order valence-corrected chi connectivity index (χ0v) is 16.3. The van der Waals surface area contributed by atoms with E-state index in [9.17, 15) is 9.59 Å². The summed E-state index contributed by atoms with van der Waals surface area (Å²) in [5, 5.41) is 6.31. The highest BCUT2D eigenvalue weighted by Crippen LogP contribution is 2.25. The Bertz CT molecular complexity index is 608. The molecule has 6 nitrogen and oxygen atoms in total. The molecule has 1 aromatic carbocycles. The highest BCUT2D eigenvalue weighted by molar-refractivity contribution is 5.92. The molecule has 1 unspecified atom stereocenters. The summed E-state index contributed by atoms with van der Waals surface area (Å²) < 4.78 is 0. The number of hydrogen-bond donors (Lipinski definition) is 2. The highest BCUT2D eigenvalue weighted by Gasteiger charge is 2.26. The predicted octanol–water partition coefficient (Wildman–Crippen LogP) is 1.80. The fourth-order valence-corrected chi connectivity index (χ4v) is 4.06. The van der Waals surface area contributed by atoms with E-state index < -0.39 is 0 Å². The molecule has 0 aromatic heterocycles. The van der Waals surface area contributed by atoms with Crippen LogP contribution in [0.25, 0.3) is 0 Å². The van der Waals surface area contributed by atoms with Crippen molar-refractivity contribution in [3.63, 3.8) is 0 Å². The van der Waals surface area contributed by atoms with E-state index in [0.29, 0.717) is 24.8 Å². The van der Waals surface area contributed by atoms with Crippen LogP contribution in [0.3, 0.4) is 0 Å². The lowest BCUT2D eigenvalue weighted by Gasteiger charge is -2.35. The van der Waals surface area contributed by atoms with Gasteiger partial charge in [0.1, 0.15) is 0 Å². The van der Waals surface area contributed by atoms with Crippen molar-refractivity contribution in [1.29, 1.82) is 0 Å². The molecular formula is C21H32N4O2. The third-order valence-electron chi connectivity index (χ3n) is 5.83. The van der Waals surface area contributed by atoms with Crippen molar-refractivity contribution in [3.05, 3.63) is 30.3 Å². The Morgan fingerprint density at radius 2 is 1.78 bits per heavy atom. The maximum absolute atomic E-state index is 12.6. The van der Waals surface area contributed by atoms with Crippen LogP contribution in [-0.2, 0) is 9.59 Å². The Morgan fingerprint density at radius 3 is 2.44 bits per heavy atom. The van der Waals surface area contributed by atoms with Crippen molar-refractivity contribution >= 4 is 17.5 Å². The largest absolute Gasteiger partial charge is 0.340 e. The molecule has 0 aliphatic carbocycles. The smallest absolute Gasteiger partial charge is 0.238 e. The molecule has 0 spiro atoms. The number of anilines is 1. The lowest BCUT2D eigenvalue weighted by molar-refractivity contribution is -0.134. The number of nitrogens with one attached hydrogen (secondary N) is 2. The van der Waals surface area contributed by atoms with E-state index >= 15 is 0 Å². The van der Waals surface area contributed by atoms with Gasteiger partial charge in [-0.15, -0.1) is 0 Å². The monoisotopic (exact) mass is 372 g/mol. The molecule has 2 aliphatic rings. The number of hydrogen-bond acceptors (Lipinski definition) is 4. The summed E-state index contributed by atoms with van der Waals surface area (Å²) in [5.41, 5.74) is 0.822. The summed E-state index contributed by atoms with van der Waals surface area (Å²) in [6.07, 6.45) is 3.01. The molecule has 1 aromatic rings. The van der Waals surface area contributed by atoms with E-state index in [1.807, 2.05) is 35.2 Å². The Kier molecular flexibility index (Phi) is 7.24. The van der Waals surface area contributed by atoms with E-state index in [1.54, 1.807) is 0 Å². The van der Waals surface area contributed by atoms with Crippen molar-refractivity contribution in [1.82, 2.24) is 15.1 Å². The number of para-hydroxylation sites is 1. The molecule has 1 atom stereocenters. The summed E-state index contributed by atoms with van der Waals surface area (Å²) in [6.45, 7) is 7.71. The van der Waals surface area contributed by atoms with Gasteiger partial charge in [0.15, 0.2) is 0 Å². The summed E-state index contributed by atoms with van der Waals surface area (Å²) in [5.74, 6) is 1.39. The minimum atomic E-state index is 0.000469. The number of benzene rings is 1. The lowest BCUT2D eigenvalue weighted by atomic mass is 9.84. The molecule has 2 N–H and O–H groups in total. The molecule has 2 aliphatic heterocycles. The molecule has 3 rings (SSSR count). The van der Waals surface area contributed by atoms with Crippen LogP contribution in [0.4, 0.5) is 5.69 Å². The lowest BCUT2D eigenvalue weighted by Crippen LogP contribution is -2.50. The van der Waals surface area contributed by atoms with Gasteiger partial charge in [0, 0.05) is 38.3 Å². The van der Waals surface area contributed by atoms with Gasteiger partial charge in [0.05, 0.1) is 6.54 Å². The van der Waals surface area contributed by atoms with Crippen molar-refractivity contribution in [2.45, 2.75) is 26.2 Å². The van der Waals surface area contributed by atoms with Crippen molar-refractivity contribution in [3.8, 4) is 0 Å². The molecule has 27 heavy (non-hydrogen) atoms. The first kappa shape index (κ1) is 19.8. The molecule has 0 bridgehead atoms. The molecule has 2 fully saturated rings. The van der Waals surface area contributed by atoms with Crippen molar-refractivity contribution < 1.29 is 9.59 Å². The number of rotatable bonds is 6. The van der Waals surface area contributed by atoms with Gasteiger partial charge >= 0.3 is 0 Å². The Hall–Kier alpha value is -1.92. The zero-order chi connectivity index (χ0) is 19.1. The average Bonchev–Trinajstić information content (AvgIpc) is 2.70. The topological polar surface area (TPSA) is 64.7 Å². The normalized spacial score (nSPS) is 20.3. The number of nitrogens with zero attached hydrogens (tertiary/aromatic N) is 2. The van der Waals surface area contributed by atoms with E-state index in [1.165, 1.54) is 12.8 Å². The Balaban J connectivity index is 1.37. The first-order valence-electron chi connectivity index (χ1n) is 10.2. The first-order chi connectivity index (χ1) is 13.1. The number of carbonyl (C=O) groups is 2. The molecule has 148 valence electrons. The molecular weight excluding hydrogens is 340 g/mol. The molecule has 2 saturated heterocycles. The molecule has 2 heterocycles. The maximum atomic E-state index is 12.6. The van der Waals surface area contributed by atoms with Crippen molar-refractivity contribution in [2.75, 3.05) is 51.1 Å². The van der Waals surface area contributed by atoms with E-state index in [4.69, 9.17) is 0 Å². The predicted molar refractivity (Wildman–Crippen MR) is 107 cm³/mol. The minimum Gasteiger partial charge on any atom is -0.340 e. The zero-order valence-electron chi connectivity index (χ0n) is 16.3. The minimum absolute atomic E-state index is 0.000469. The number of piperazine rings is 1. The second-order valence-corrected chi connectivity index (χ2v) is 7.84. The summed E-state index contributed by atoms with van der Waals surface area (Å²) in [4.78, 5) is 28.9. The SMILES string of the molecule is CC(CC(=O)N1CCN(CC(=O)Nc2ccccc2)CC1)C1CCNCC1. The van der Waals surface area contributed by atoms with Gasteiger partial charge < -0.3 is 15.5 Å². The van der Waals surface area contributed by atoms with Crippen LogP contribution in [0.15, 0.2) is 30.3 Å². The fourth-order valence-electron chi connectivity index (χ4n) is 4.06. The average molecular weight is 373 g/mol. The first-order valence-corrected chi connectivity index (χ1v) is 10.2. The molecule has 6 heteroatoms. The fraction of sp³-hybridized carbons (Fsp3) is 0.619. The highest BCUT2D eigenvalue weighted by atomic mass is 16.2. The van der Waals surface area contributed by atoms with Crippen LogP contribution in [0.2, 0.25) is 0 Å². The third kappa shape index (κ3) is 6.04. The van der Waals surface area contributed by atoms with Crippen LogP contribution in [-0.4, -0.2) is 67.4 Å². The van der Waals surface area contributed by atoms with Crippen LogP contribution < -0.4 is 10.6 Å². The third-order valence-corrected chi connectivity index (χ3v) is 5.83. The molecule has 2 amide bonds. The number of piperidine rings is 1. The summed E-state index contributed by atoms with van der Waals surface area (Å²) >= 11 is 0. The standard InChI is InChI=1S/C21H32N4O2/c1-17(18-7-9-22-10-8-18)15-21(27)25-13-11-24(12-14-25)16-20(26)23-19-5-3-2-4-6-19/h2-6,17-18,22H,7-16H2,1H3,(H,23,26). The van der Waals surface area contributed by atoms with Crippen LogP contribution in [0.5, 0.6) is 0 Å². The van der Waals surface area contributed by atoms with Gasteiger partial charge in [-0.3, -0.25) is 14.5 Å². The maximum Gasteiger partial charge on any atom is 0.238 e. The summed E-state index contributed by atoms with van der Waals surface area (Å²) in [7, 11) is 0. The van der Waals surface area contributed by atoms with Gasteiger partial charge in [-0.05, 0) is 49.9 Å². The molecule has 0 radical (unpaired) electrons. The van der Waals surface area contributed by atoms with Gasteiger partial charge in [-0.2, -0.15) is 0 Å². The molecule has 0 saturated carbocycles. The van der Waals surface area contributed by atoms with Crippen LogP contribution in [0.1, 0.15) is 26.2 Å². The summed E-state index contributed by atoms with van der Waals surface area (Å²) in [6, 6.07) is 9.52. The van der Waals surface area contributed by atoms with E-state index in [-0.39, 0.29) is 11.8 Å². The number of carbonyl (C=O) groups excluding carboxylic acids is 2. The van der Waals surface area contributed by atoms with E-state index in [2.05, 4.69) is 22.5 Å². The number of amides is 2. The van der Waals surface area contributed by atoms with Crippen LogP contribution >= 0.6 is 0 Å². The Morgan fingerprint density at radius 1 is 1.11 bits per heavy atom. The Labute approximate surface area is 162 Å². The van der Waals surface area contributed by atoms with Gasteiger partial charge in [-0.1, -0.05) is 25.1 Å². The second kappa shape index (κ2) is 9.85.